The number of nitriles is 1. The molecule has 0 saturated heterocycles. The van der Waals surface area contributed by atoms with Crippen molar-refractivity contribution in [2.24, 2.45) is 0 Å². The number of amides is 1. The largest absolute Gasteiger partial charge is 0.489 e. The Labute approximate surface area is 212 Å². The van der Waals surface area contributed by atoms with Crippen LogP contribution < -0.4 is 14.8 Å². The van der Waals surface area contributed by atoms with Crippen LogP contribution in [-0.4, -0.2) is 25.6 Å². The fourth-order valence-corrected chi connectivity index (χ4v) is 3.49. The minimum atomic E-state index is -0.608. The monoisotopic (exact) mass is 510 g/mol. The zero-order valence-corrected chi connectivity index (χ0v) is 20.1. The summed E-state index contributed by atoms with van der Waals surface area (Å²) in [5.74, 6) is -0.473. The van der Waals surface area contributed by atoms with Gasteiger partial charge in [0.15, 0.2) is 12.4 Å². The molecule has 1 N–H and O–H groups in total. The van der Waals surface area contributed by atoms with E-state index in [0.29, 0.717) is 23.6 Å². The third kappa shape index (κ3) is 7.51. The fourth-order valence-electron chi connectivity index (χ4n) is 2.88. The van der Waals surface area contributed by atoms with Crippen LogP contribution in [0.15, 0.2) is 72.3 Å². The molecule has 0 unspecified atom stereocenters. The number of hydrogen-bond donors (Lipinski definition) is 1. The number of rotatable bonds is 9. The number of hydrogen-bond acceptors (Lipinski definition) is 6. The Hall–Kier alpha value is -3.99. The Kier molecular flexibility index (Phi) is 9.13. The van der Waals surface area contributed by atoms with Crippen molar-refractivity contribution in [2.45, 2.75) is 6.61 Å². The van der Waals surface area contributed by atoms with Gasteiger partial charge in [0.25, 0.3) is 5.91 Å². The topological polar surface area (TPSA) is 97.7 Å². The van der Waals surface area contributed by atoms with E-state index in [0.717, 1.165) is 5.56 Å². The van der Waals surface area contributed by atoms with E-state index in [1.807, 2.05) is 36.4 Å². The number of nitrogens with one attached hydrogen (secondary N) is 1. The minimum absolute atomic E-state index is 0.0911. The predicted molar refractivity (Wildman–Crippen MR) is 133 cm³/mol. The number of carbonyl (C=O) groups is 2. The third-order valence-electron chi connectivity index (χ3n) is 4.62. The van der Waals surface area contributed by atoms with Crippen molar-refractivity contribution in [3.8, 4) is 17.6 Å². The van der Waals surface area contributed by atoms with Crippen LogP contribution in [0.25, 0.3) is 6.08 Å². The maximum atomic E-state index is 12.6. The lowest BCUT2D eigenvalue weighted by Gasteiger charge is -2.10. The van der Waals surface area contributed by atoms with Crippen molar-refractivity contribution in [3.05, 3.63) is 93.5 Å². The lowest BCUT2D eigenvalue weighted by atomic mass is 10.1. The van der Waals surface area contributed by atoms with Crippen LogP contribution in [0.4, 0.5) is 5.69 Å². The molecule has 0 aliphatic heterocycles. The number of halogens is 2. The van der Waals surface area contributed by atoms with Crippen molar-refractivity contribution in [3.63, 3.8) is 0 Å². The number of anilines is 1. The molecule has 9 heteroatoms. The molecule has 0 bridgehead atoms. The molecule has 0 aromatic heterocycles. The lowest BCUT2D eigenvalue weighted by molar-refractivity contribution is -0.142. The SMILES string of the molecule is COC(=O)COc1c(Cl)cc(/C=C(\C#N)C(=O)Nc2ccc(OCc3ccccc3)cc2)cc1Cl. The molecule has 178 valence electrons. The number of methoxy groups -OCH3 is 1. The van der Waals surface area contributed by atoms with Gasteiger partial charge in [-0.3, -0.25) is 4.79 Å². The summed E-state index contributed by atoms with van der Waals surface area (Å²) in [4.78, 5) is 23.9. The summed E-state index contributed by atoms with van der Waals surface area (Å²) in [6, 6.07) is 21.3. The summed E-state index contributed by atoms with van der Waals surface area (Å²) in [6.07, 6.45) is 1.34. The molecule has 0 atom stereocenters. The van der Waals surface area contributed by atoms with Crippen LogP contribution in [-0.2, 0) is 20.9 Å². The molecule has 0 aliphatic carbocycles. The van der Waals surface area contributed by atoms with Gasteiger partial charge in [-0.15, -0.1) is 0 Å². The molecule has 3 aromatic carbocycles. The molecule has 7 nitrogen and oxygen atoms in total. The van der Waals surface area contributed by atoms with Gasteiger partial charge in [0.1, 0.15) is 24.0 Å². The van der Waals surface area contributed by atoms with Crippen LogP contribution in [0.5, 0.6) is 11.5 Å². The number of nitrogens with zero attached hydrogens (tertiary/aromatic N) is 1. The predicted octanol–water partition coefficient (Wildman–Crippen LogP) is 5.67. The first-order chi connectivity index (χ1) is 16.9. The van der Waals surface area contributed by atoms with Crippen LogP contribution in [0.3, 0.4) is 0 Å². The van der Waals surface area contributed by atoms with Crippen molar-refractivity contribution < 1.29 is 23.8 Å². The first kappa shape index (κ1) is 25.6. The first-order valence-corrected chi connectivity index (χ1v) is 11.0. The van der Waals surface area contributed by atoms with Gasteiger partial charge in [0.05, 0.1) is 17.2 Å². The highest BCUT2D eigenvalue weighted by molar-refractivity contribution is 6.37. The smallest absolute Gasteiger partial charge is 0.343 e. The van der Waals surface area contributed by atoms with Crippen molar-refractivity contribution in [1.29, 1.82) is 5.26 Å². The van der Waals surface area contributed by atoms with Gasteiger partial charge in [-0.25, -0.2) is 4.79 Å². The second kappa shape index (κ2) is 12.5. The highest BCUT2D eigenvalue weighted by Crippen LogP contribution is 2.35. The van der Waals surface area contributed by atoms with Crippen LogP contribution >= 0.6 is 23.2 Å². The van der Waals surface area contributed by atoms with Crippen molar-refractivity contribution in [1.82, 2.24) is 0 Å². The van der Waals surface area contributed by atoms with Gasteiger partial charge < -0.3 is 19.5 Å². The van der Waals surface area contributed by atoms with Crippen molar-refractivity contribution >= 4 is 46.8 Å². The summed E-state index contributed by atoms with van der Waals surface area (Å²) in [6.45, 7) is 0.0541. The maximum Gasteiger partial charge on any atom is 0.343 e. The number of esters is 1. The first-order valence-electron chi connectivity index (χ1n) is 10.3. The quantitative estimate of drug-likeness (QED) is 0.226. The van der Waals surface area contributed by atoms with Gasteiger partial charge in [0, 0.05) is 5.69 Å². The normalized spacial score (nSPS) is 10.7. The van der Waals surface area contributed by atoms with E-state index in [1.165, 1.54) is 25.3 Å². The van der Waals surface area contributed by atoms with E-state index < -0.39 is 11.9 Å². The molecule has 0 heterocycles. The summed E-state index contributed by atoms with van der Waals surface area (Å²) in [5, 5.41) is 12.4. The molecule has 0 saturated carbocycles. The van der Waals surface area contributed by atoms with Crippen LogP contribution in [0.1, 0.15) is 11.1 Å². The van der Waals surface area contributed by atoms with Gasteiger partial charge in [0.2, 0.25) is 0 Å². The molecule has 0 spiro atoms. The highest BCUT2D eigenvalue weighted by Gasteiger charge is 2.14. The Bertz CT molecular complexity index is 1250. The lowest BCUT2D eigenvalue weighted by Crippen LogP contribution is -2.13. The van der Waals surface area contributed by atoms with Gasteiger partial charge >= 0.3 is 5.97 Å². The van der Waals surface area contributed by atoms with Crippen LogP contribution in [0.2, 0.25) is 10.0 Å². The average molecular weight is 511 g/mol. The minimum Gasteiger partial charge on any atom is -0.489 e. The van der Waals surface area contributed by atoms with Gasteiger partial charge in [-0.2, -0.15) is 5.26 Å². The highest BCUT2D eigenvalue weighted by atomic mass is 35.5. The zero-order chi connectivity index (χ0) is 25.2. The molecule has 1 amide bonds. The molecular formula is C26H20Cl2N2O5. The molecular weight excluding hydrogens is 491 g/mol. The van der Waals surface area contributed by atoms with Gasteiger partial charge in [-0.1, -0.05) is 53.5 Å². The summed E-state index contributed by atoms with van der Waals surface area (Å²) < 4.78 is 15.5. The van der Waals surface area contributed by atoms with E-state index in [4.69, 9.17) is 32.7 Å². The van der Waals surface area contributed by atoms with E-state index in [9.17, 15) is 14.9 Å². The Morgan fingerprint density at radius 2 is 1.66 bits per heavy atom. The molecule has 3 aromatic rings. The molecule has 0 aliphatic rings. The molecule has 3 rings (SSSR count). The van der Waals surface area contributed by atoms with E-state index in [1.54, 1.807) is 24.3 Å². The standard InChI is InChI=1S/C26H20Cl2N2O5/c1-33-24(31)16-35-25-22(27)12-18(13-23(25)28)11-19(14-29)26(32)30-20-7-9-21(10-8-20)34-15-17-5-3-2-4-6-17/h2-13H,15-16H2,1H3,(H,30,32)/b19-11+. The van der Waals surface area contributed by atoms with Gasteiger partial charge in [-0.05, 0) is 53.6 Å². The Morgan fingerprint density at radius 1 is 1.00 bits per heavy atom. The second-order valence-electron chi connectivity index (χ2n) is 7.10. The van der Waals surface area contributed by atoms with E-state index in [-0.39, 0.29) is 28.0 Å². The van der Waals surface area contributed by atoms with E-state index in [2.05, 4.69) is 10.1 Å². The van der Waals surface area contributed by atoms with Crippen molar-refractivity contribution in [2.75, 3.05) is 19.0 Å². The number of ether oxygens (including phenoxy) is 3. The number of carbonyl (C=O) groups excluding carboxylic acids is 2. The average Bonchev–Trinajstić information content (AvgIpc) is 2.86. The maximum absolute atomic E-state index is 12.6. The molecule has 0 radical (unpaired) electrons. The number of benzene rings is 3. The van der Waals surface area contributed by atoms with Crippen LogP contribution in [0, 0.1) is 11.3 Å². The molecule has 0 fully saturated rings. The third-order valence-corrected chi connectivity index (χ3v) is 5.18. The second-order valence-corrected chi connectivity index (χ2v) is 7.92. The fraction of sp³-hybridized carbons (Fsp3) is 0.115. The summed E-state index contributed by atoms with van der Waals surface area (Å²) >= 11 is 12.4. The zero-order valence-electron chi connectivity index (χ0n) is 18.6. The van der Waals surface area contributed by atoms with E-state index >= 15 is 0 Å². The summed E-state index contributed by atoms with van der Waals surface area (Å²) in [7, 11) is 1.23. The Balaban J connectivity index is 1.65. The Morgan fingerprint density at radius 3 is 2.26 bits per heavy atom. The molecule has 35 heavy (non-hydrogen) atoms. The summed E-state index contributed by atoms with van der Waals surface area (Å²) in [5.41, 5.74) is 1.77.